The average Bonchev–Trinajstić information content (AvgIpc) is 2.69. The van der Waals surface area contributed by atoms with Gasteiger partial charge in [-0.05, 0) is 19.8 Å². The van der Waals surface area contributed by atoms with Gasteiger partial charge in [0.1, 0.15) is 18.0 Å². The van der Waals surface area contributed by atoms with Gasteiger partial charge in [-0.3, -0.25) is 0 Å². The minimum Gasteiger partial charge on any atom is -0.367 e. The highest BCUT2D eigenvalue weighted by Crippen LogP contribution is 2.17. The fraction of sp³-hybridized carbons (Fsp3) is 0.667. The maximum Gasteiger partial charge on any atom is 0.152 e. The monoisotopic (exact) mass is 284 g/mol. The van der Waals surface area contributed by atoms with Crippen molar-refractivity contribution >= 4 is 21.5 Å². The molecule has 2 atom stereocenters. The maximum absolute atomic E-state index is 11.4. The van der Waals surface area contributed by atoms with Gasteiger partial charge in [0.05, 0.1) is 11.5 Å². The van der Waals surface area contributed by atoms with Crippen LogP contribution in [0.3, 0.4) is 0 Å². The summed E-state index contributed by atoms with van der Waals surface area (Å²) in [7, 11) is -2.87. The first-order valence-electron chi connectivity index (χ1n) is 6.54. The number of hydrogen-bond donors (Lipinski definition) is 2. The van der Waals surface area contributed by atoms with Crippen LogP contribution in [0.15, 0.2) is 12.4 Å². The molecule has 1 saturated heterocycles. The quantitative estimate of drug-likeness (QED) is 0.847. The summed E-state index contributed by atoms with van der Waals surface area (Å²) in [5.74, 6) is 1.87. The largest absolute Gasteiger partial charge is 0.367 e. The molecular formula is C12H20N4O2S. The second-order valence-corrected chi connectivity index (χ2v) is 7.22. The summed E-state index contributed by atoms with van der Waals surface area (Å²) in [5, 5.41) is 6.42. The van der Waals surface area contributed by atoms with Gasteiger partial charge in [0, 0.05) is 18.2 Å². The van der Waals surface area contributed by atoms with E-state index in [4.69, 9.17) is 0 Å². The van der Waals surface area contributed by atoms with Crippen molar-refractivity contribution in [3.8, 4) is 0 Å². The van der Waals surface area contributed by atoms with Gasteiger partial charge in [0.25, 0.3) is 0 Å². The second-order valence-electron chi connectivity index (χ2n) is 4.99. The van der Waals surface area contributed by atoms with Crippen LogP contribution in [0.5, 0.6) is 0 Å². The molecule has 2 rings (SSSR count). The Hall–Kier alpha value is -1.37. The summed E-state index contributed by atoms with van der Waals surface area (Å²) in [6.07, 6.45) is 3.13. The number of nitrogens with one attached hydrogen (secondary N) is 2. The summed E-state index contributed by atoms with van der Waals surface area (Å²) in [6.45, 7) is 4.18. The van der Waals surface area contributed by atoms with Gasteiger partial charge in [-0.2, -0.15) is 0 Å². The molecule has 1 fully saturated rings. The minimum atomic E-state index is -2.87. The summed E-state index contributed by atoms with van der Waals surface area (Å²) in [6, 6.07) is 2.11. The van der Waals surface area contributed by atoms with Crippen LogP contribution >= 0.6 is 0 Å². The van der Waals surface area contributed by atoms with Crippen LogP contribution in [0.1, 0.15) is 26.7 Å². The molecule has 106 valence electrons. The standard InChI is InChI=1S/C12H20N4O2S/c1-3-9(2)15-11-6-12(14-8-13-11)16-10-4-5-19(17,18)7-10/h6,8-10H,3-5,7H2,1-2H3,(H2,13,14,15,16). The Kier molecular flexibility index (Phi) is 4.24. The number of nitrogens with zero attached hydrogens (tertiary/aromatic N) is 2. The number of anilines is 2. The molecule has 0 radical (unpaired) electrons. The lowest BCUT2D eigenvalue weighted by atomic mass is 10.2. The average molecular weight is 284 g/mol. The highest BCUT2D eigenvalue weighted by Gasteiger charge is 2.27. The van der Waals surface area contributed by atoms with Gasteiger partial charge < -0.3 is 10.6 Å². The van der Waals surface area contributed by atoms with Gasteiger partial charge in [0.15, 0.2) is 9.84 Å². The third-order valence-corrected chi connectivity index (χ3v) is 5.03. The summed E-state index contributed by atoms with van der Waals surface area (Å²) < 4.78 is 22.8. The fourth-order valence-electron chi connectivity index (χ4n) is 1.99. The molecular weight excluding hydrogens is 264 g/mol. The predicted octanol–water partition coefficient (Wildman–Crippen LogP) is 1.29. The third-order valence-electron chi connectivity index (χ3n) is 3.26. The molecule has 6 nitrogen and oxygen atoms in total. The Morgan fingerprint density at radius 2 is 2.16 bits per heavy atom. The molecule has 1 aliphatic heterocycles. The second kappa shape index (κ2) is 5.73. The molecule has 2 N–H and O–H groups in total. The Balaban J connectivity index is 1.99. The topological polar surface area (TPSA) is 84.0 Å². The van der Waals surface area contributed by atoms with Crippen LogP contribution in [0.2, 0.25) is 0 Å². The Bertz CT molecular complexity index is 532. The van der Waals surface area contributed by atoms with Crippen molar-refractivity contribution in [2.24, 2.45) is 0 Å². The molecule has 0 aromatic carbocycles. The zero-order valence-electron chi connectivity index (χ0n) is 11.3. The molecule has 1 aromatic rings. The van der Waals surface area contributed by atoms with Crippen LogP contribution in [0.25, 0.3) is 0 Å². The van der Waals surface area contributed by atoms with E-state index in [0.29, 0.717) is 18.3 Å². The molecule has 2 unspecified atom stereocenters. The first-order valence-corrected chi connectivity index (χ1v) is 8.36. The van der Waals surface area contributed by atoms with E-state index in [1.54, 1.807) is 0 Å². The maximum atomic E-state index is 11.4. The number of aromatic nitrogens is 2. The van der Waals surface area contributed by atoms with E-state index >= 15 is 0 Å². The van der Waals surface area contributed by atoms with Gasteiger partial charge in [-0.25, -0.2) is 18.4 Å². The van der Waals surface area contributed by atoms with Crippen molar-refractivity contribution in [2.75, 3.05) is 22.1 Å². The van der Waals surface area contributed by atoms with Crippen LogP contribution in [-0.2, 0) is 9.84 Å². The number of hydrogen-bond acceptors (Lipinski definition) is 6. The molecule has 1 aromatic heterocycles. The lowest BCUT2D eigenvalue weighted by Crippen LogP contribution is -2.21. The van der Waals surface area contributed by atoms with E-state index in [2.05, 4.69) is 34.4 Å². The zero-order valence-corrected chi connectivity index (χ0v) is 12.1. The highest BCUT2D eigenvalue weighted by atomic mass is 32.2. The first kappa shape index (κ1) is 14.0. The van der Waals surface area contributed by atoms with Crippen LogP contribution in [0.4, 0.5) is 11.6 Å². The fourth-order valence-corrected chi connectivity index (χ4v) is 3.66. The molecule has 0 aliphatic carbocycles. The Morgan fingerprint density at radius 1 is 1.42 bits per heavy atom. The SMILES string of the molecule is CCC(C)Nc1cc(NC2CCS(=O)(=O)C2)ncn1. The summed E-state index contributed by atoms with van der Waals surface area (Å²) in [5.41, 5.74) is 0. The van der Waals surface area contributed by atoms with E-state index in [9.17, 15) is 8.42 Å². The van der Waals surface area contributed by atoms with Crippen molar-refractivity contribution in [1.82, 2.24) is 9.97 Å². The van der Waals surface area contributed by atoms with Crippen molar-refractivity contribution in [1.29, 1.82) is 0 Å². The van der Waals surface area contributed by atoms with Crippen LogP contribution < -0.4 is 10.6 Å². The van der Waals surface area contributed by atoms with Gasteiger partial charge >= 0.3 is 0 Å². The zero-order chi connectivity index (χ0) is 13.9. The lowest BCUT2D eigenvalue weighted by Gasteiger charge is -2.14. The Morgan fingerprint density at radius 3 is 2.79 bits per heavy atom. The van der Waals surface area contributed by atoms with Crippen molar-refractivity contribution in [2.45, 2.75) is 38.8 Å². The van der Waals surface area contributed by atoms with E-state index in [1.165, 1.54) is 6.33 Å². The third kappa shape index (κ3) is 4.05. The van der Waals surface area contributed by atoms with Gasteiger partial charge in [0.2, 0.25) is 0 Å². The molecule has 0 amide bonds. The molecule has 1 aliphatic rings. The normalized spacial score (nSPS) is 22.9. The minimum absolute atomic E-state index is 0.0450. The van der Waals surface area contributed by atoms with E-state index in [1.807, 2.05) is 6.07 Å². The van der Waals surface area contributed by atoms with Gasteiger partial charge in [-0.1, -0.05) is 6.92 Å². The molecule has 19 heavy (non-hydrogen) atoms. The Labute approximate surface area is 114 Å². The summed E-state index contributed by atoms with van der Waals surface area (Å²) in [4.78, 5) is 8.28. The number of sulfone groups is 1. The smallest absolute Gasteiger partial charge is 0.152 e. The first-order chi connectivity index (χ1) is 8.98. The van der Waals surface area contributed by atoms with Crippen LogP contribution in [-0.4, -0.2) is 42.0 Å². The van der Waals surface area contributed by atoms with Crippen molar-refractivity contribution in [3.63, 3.8) is 0 Å². The molecule has 2 heterocycles. The molecule has 0 spiro atoms. The van der Waals surface area contributed by atoms with Crippen molar-refractivity contribution in [3.05, 3.63) is 12.4 Å². The predicted molar refractivity (Wildman–Crippen MR) is 76.1 cm³/mol. The van der Waals surface area contributed by atoms with E-state index in [-0.39, 0.29) is 17.5 Å². The lowest BCUT2D eigenvalue weighted by molar-refractivity contribution is 0.602. The van der Waals surface area contributed by atoms with Crippen molar-refractivity contribution < 1.29 is 8.42 Å². The van der Waals surface area contributed by atoms with Gasteiger partial charge in [-0.15, -0.1) is 0 Å². The highest BCUT2D eigenvalue weighted by molar-refractivity contribution is 7.91. The molecule has 7 heteroatoms. The van der Waals surface area contributed by atoms with E-state index in [0.717, 1.165) is 12.2 Å². The van der Waals surface area contributed by atoms with Crippen LogP contribution in [0, 0.1) is 0 Å². The molecule has 0 saturated carbocycles. The summed E-state index contributed by atoms with van der Waals surface area (Å²) >= 11 is 0. The molecule has 0 bridgehead atoms. The number of rotatable bonds is 5. The van der Waals surface area contributed by atoms with E-state index < -0.39 is 9.84 Å².